The van der Waals surface area contributed by atoms with Crippen LogP contribution in [0.25, 0.3) is 0 Å². The topological polar surface area (TPSA) is 92.4 Å². The third kappa shape index (κ3) is 3.00. The molecule has 0 spiro atoms. The molecule has 0 saturated carbocycles. The number of nitrogens with one attached hydrogen (secondary N) is 1. The van der Waals surface area contributed by atoms with Crippen molar-refractivity contribution in [3.63, 3.8) is 0 Å². The van der Waals surface area contributed by atoms with Crippen LogP contribution in [-0.4, -0.2) is 17.0 Å². The van der Waals surface area contributed by atoms with Crippen molar-refractivity contribution in [1.82, 2.24) is 0 Å². The number of carbonyl (C=O) groups is 2. The Morgan fingerprint density at radius 2 is 1.95 bits per heavy atom. The number of rotatable bonds is 3. The molecular formula is C15H13FN2O3. The van der Waals surface area contributed by atoms with Crippen LogP contribution in [0.2, 0.25) is 0 Å². The van der Waals surface area contributed by atoms with Gasteiger partial charge < -0.3 is 16.2 Å². The fraction of sp³-hybridized carbons (Fsp3) is 0.0667. The Hall–Kier alpha value is -2.89. The minimum Gasteiger partial charge on any atom is -0.478 e. The zero-order chi connectivity index (χ0) is 15.6. The Morgan fingerprint density at radius 3 is 2.57 bits per heavy atom. The summed E-state index contributed by atoms with van der Waals surface area (Å²) in [7, 11) is 0. The van der Waals surface area contributed by atoms with Crippen LogP contribution in [0.15, 0.2) is 36.4 Å². The number of carbonyl (C=O) groups excluding carboxylic acids is 1. The number of carboxylic acid groups (broad SMARTS) is 1. The Kier molecular flexibility index (Phi) is 3.89. The summed E-state index contributed by atoms with van der Waals surface area (Å²) in [5.74, 6) is -2.56. The summed E-state index contributed by atoms with van der Waals surface area (Å²) in [6, 6.07) is 8.13. The predicted octanol–water partition coefficient (Wildman–Crippen LogP) is 2.67. The summed E-state index contributed by atoms with van der Waals surface area (Å²) in [4.78, 5) is 22.8. The quantitative estimate of drug-likeness (QED) is 0.757. The molecule has 6 heteroatoms. The number of aromatic carboxylic acids is 1. The molecule has 0 atom stereocenters. The van der Waals surface area contributed by atoms with E-state index in [1.807, 2.05) is 0 Å². The van der Waals surface area contributed by atoms with Crippen LogP contribution in [0, 0.1) is 12.7 Å². The Labute approximate surface area is 120 Å². The number of benzene rings is 2. The van der Waals surface area contributed by atoms with Crippen LogP contribution in [0.5, 0.6) is 0 Å². The van der Waals surface area contributed by atoms with E-state index in [-0.39, 0.29) is 11.3 Å². The van der Waals surface area contributed by atoms with Gasteiger partial charge in [-0.05, 0) is 42.8 Å². The molecule has 108 valence electrons. The molecule has 0 fully saturated rings. The van der Waals surface area contributed by atoms with Crippen molar-refractivity contribution < 1.29 is 19.1 Å². The van der Waals surface area contributed by atoms with E-state index in [1.165, 1.54) is 12.1 Å². The van der Waals surface area contributed by atoms with Crippen LogP contribution in [0.3, 0.4) is 0 Å². The molecule has 0 unspecified atom stereocenters. The molecule has 0 heterocycles. The standard InChI is InChI=1S/C15H13FN2O3/c1-8-10(3-2-4-12(8)17)14(19)18-13-6-5-9(15(20)21)7-11(13)16/h2-7H,17H2,1H3,(H,18,19)(H,20,21). The molecule has 0 aliphatic rings. The molecule has 0 aliphatic heterocycles. The van der Waals surface area contributed by atoms with Crippen molar-refractivity contribution in [2.75, 3.05) is 11.1 Å². The summed E-state index contributed by atoms with van der Waals surface area (Å²) < 4.78 is 13.8. The van der Waals surface area contributed by atoms with Crippen molar-refractivity contribution >= 4 is 23.3 Å². The first-order chi connectivity index (χ1) is 9.90. The minimum absolute atomic E-state index is 0.0909. The van der Waals surface area contributed by atoms with Crippen molar-refractivity contribution in [2.45, 2.75) is 6.92 Å². The number of amides is 1. The van der Waals surface area contributed by atoms with Gasteiger partial charge in [0.15, 0.2) is 0 Å². The highest BCUT2D eigenvalue weighted by Gasteiger charge is 2.14. The van der Waals surface area contributed by atoms with E-state index in [4.69, 9.17) is 10.8 Å². The number of anilines is 2. The van der Waals surface area contributed by atoms with Crippen LogP contribution < -0.4 is 11.1 Å². The average Bonchev–Trinajstić information content (AvgIpc) is 2.43. The van der Waals surface area contributed by atoms with E-state index >= 15 is 0 Å². The molecule has 4 N–H and O–H groups in total. The second-order valence-corrected chi connectivity index (χ2v) is 4.47. The average molecular weight is 288 g/mol. The molecule has 21 heavy (non-hydrogen) atoms. The second-order valence-electron chi connectivity index (χ2n) is 4.47. The van der Waals surface area contributed by atoms with Crippen LogP contribution >= 0.6 is 0 Å². The van der Waals surface area contributed by atoms with Crippen molar-refractivity contribution in [3.05, 3.63) is 58.9 Å². The van der Waals surface area contributed by atoms with Crippen molar-refractivity contribution in [2.24, 2.45) is 0 Å². The van der Waals surface area contributed by atoms with Crippen LogP contribution in [0.1, 0.15) is 26.3 Å². The zero-order valence-corrected chi connectivity index (χ0v) is 11.2. The summed E-state index contributed by atoms with van der Waals surface area (Å²) >= 11 is 0. The molecule has 2 aromatic rings. The minimum atomic E-state index is -1.24. The van der Waals surface area contributed by atoms with Gasteiger partial charge >= 0.3 is 5.97 Å². The van der Waals surface area contributed by atoms with E-state index in [0.717, 1.165) is 6.07 Å². The lowest BCUT2D eigenvalue weighted by Gasteiger charge is -2.10. The number of halogens is 1. The van der Waals surface area contributed by atoms with Crippen molar-refractivity contribution in [3.8, 4) is 0 Å². The van der Waals surface area contributed by atoms with Crippen LogP contribution in [-0.2, 0) is 0 Å². The molecule has 2 rings (SSSR count). The lowest BCUT2D eigenvalue weighted by molar-refractivity contribution is 0.0696. The molecule has 0 aliphatic carbocycles. The van der Waals surface area contributed by atoms with Gasteiger partial charge in [0.1, 0.15) is 5.82 Å². The molecule has 2 aromatic carbocycles. The monoisotopic (exact) mass is 288 g/mol. The molecule has 1 amide bonds. The Bertz CT molecular complexity index is 729. The highest BCUT2D eigenvalue weighted by atomic mass is 19.1. The molecule has 0 aromatic heterocycles. The molecule has 0 saturated heterocycles. The van der Waals surface area contributed by atoms with Gasteiger partial charge in [-0.2, -0.15) is 0 Å². The zero-order valence-electron chi connectivity index (χ0n) is 11.2. The third-order valence-electron chi connectivity index (χ3n) is 3.08. The van der Waals surface area contributed by atoms with Gasteiger partial charge in [-0.25, -0.2) is 9.18 Å². The highest BCUT2D eigenvalue weighted by molar-refractivity contribution is 6.06. The molecule has 5 nitrogen and oxygen atoms in total. The fourth-order valence-electron chi connectivity index (χ4n) is 1.84. The first-order valence-corrected chi connectivity index (χ1v) is 6.09. The van der Waals surface area contributed by atoms with Crippen molar-refractivity contribution in [1.29, 1.82) is 0 Å². The van der Waals surface area contributed by atoms with Gasteiger partial charge in [0.2, 0.25) is 0 Å². The van der Waals surface area contributed by atoms with E-state index in [1.54, 1.807) is 25.1 Å². The SMILES string of the molecule is Cc1c(N)cccc1C(=O)Nc1ccc(C(=O)O)cc1F. The molecule has 0 radical (unpaired) electrons. The predicted molar refractivity (Wildman–Crippen MR) is 76.9 cm³/mol. The van der Waals surface area contributed by atoms with Gasteiger partial charge in [0.05, 0.1) is 11.3 Å². The van der Waals surface area contributed by atoms with E-state index in [9.17, 15) is 14.0 Å². The number of nitrogen functional groups attached to an aromatic ring is 1. The maximum atomic E-state index is 13.8. The number of hydrogen-bond donors (Lipinski definition) is 3. The number of hydrogen-bond acceptors (Lipinski definition) is 3. The second kappa shape index (κ2) is 5.62. The molecule has 0 bridgehead atoms. The Balaban J connectivity index is 2.28. The van der Waals surface area contributed by atoms with E-state index in [0.29, 0.717) is 16.8 Å². The van der Waals surface area contributed by atoms with Gasteiger partial charge in [-0.15, -0.1) is 0 Å². The lowest BCUT2D eigenvalue weighted by atomic mass is 10.1. The third-order valence-corrected chi connectivity index (χ3v) is 3.08. The largest absolute Gasteiger partial charge is 0.478 e. The summed E-state index contributed by atoms with van der Waals surface area (Å²) in [5.41, 5.74) is 6.82. The normalized spacial score (nSPS) is 10.2. The van der Waals surface area contributed by atoms with Gasteiger partial charge in [0.25, 0.3) is 5.91 Å². The maximum absolute atomic E-state index is 13.8. The summed E-state index contributed by atoms with van der Waals surface area (Å²) in [5, 5.41) is 11.2. The number of carboxylic acids is 1. The Morgan fingerprint density at radius 1 is 1.24 bits per heavy atom. The first-order valence-electron chi connectivity index (χ1n) is 6.09. The molecular weight excluding hydrogens is 275 g/mol. The number of nitrogens with two attached hydrogens (primary N) is 1. The lowest BCUT2D eigenvalue weighted by Crippen LogP contribution is -2.15. The first kappa shape index (κ1) is 14.5. The maximum Gasteiger partial charge on any atom is 0.335 e. The highest BCUT2D eigenvalue weighted by Crippen LogP contribution is 2.20. The van der Waals surface area contributed by atoms with Gasteiger partial charge in [-0.3, -0.25) is 4.79 Å². The van der Waals surface area contributed by atoms with Crippen LogP contribution in [0.4, 0.5) is 15.8 Å². The van der Waals surface area contributed by atoms with E-state index in [2.05, 4.69) is 5.32 Å². The van der Waals surface area contributed by atoms with Gasteiger partial charge in [0, 0.05) is 11.3 Å². The van der Waals surface area contributed by atoms with E-state index < -0.39 is 17.7 Å². The van der Waals surface area contributed by atoms with Gasteiger partial charge in [-0.1, -0.05) is 6.07 Å². The smallest absolute Gasteiger partial charge is 0.335 e. The fourth-order valence-corrected chi connectivity index (χ4v) is 1.84. The summed E-state index contributed by atoms with van der Waals surface area (Å²) in [6.45, 7) is 1.69. The summed E-state index contributed by atoms with van der Waals surface area (Å²) in [6.07, 6.45) is 0.